The number of alkyl carbamates (subject to hydrolysis) is 1. The molecule has 202 valence electrons. The van der Waals surface area contributed by atoms with Gasteiger partial charge in [-0.15, -0.1) is 0 Å². The van der Waals surface area contributed by atoms with E-state index in [1.165, 1.54) is 12.7 Å². The smallest absolute Gasteiger partial charge is 0.407 e. The number of benzene rings is 1. The molecular weight excluding hydrogens is 468 g/mol. The van der Waals surface area contributed by atoms with E-state index in [9.17, 15) is 14.4 Å². The Bertz CT molecular complexity index is 1040. The molecule has 2 amide bonds. The molecule has 0 aromatic heterocycles. The molecule has 37 heavy (non-hydrogen) atoms. The summed E-state index contributed by atoms with van der Waals surface area (Å²) in [5.74, 6) is 0.298. The highest BCUT2D eigenvalue weighted by Gasteiger charge is 2.68. The van der Waals surface area contributed by atoms with Crippen LogP contribution in [0.15, 0.2) is 30.3 Å². The average molecular weight is 511 g/mol. The van der Waals surface area contributed by atoms with Gasteiger partial charge in [-0.3, -0.25) is 9.59 Å². The highest BCUT2D eigenvalue weighted by molar-refractivity contribution is 5.87. The summed E-state index contributed by atoms with van der Waals surface area (Å²) in [7, 11) is 1.48. The zero-order valence-electron chi connectivity index (χ0n) is 22.7. The minimum absolute atomic E-state index is 0.0616. The lowest BCUT2D eigenvalue weighted by molar-refractivity contribution is -0.186. The van der Waals surface area contributed by atoms with E-state index in [-0.39, 0.29) is 35.5 Å². The van der Waals surface area contributed by atoms with Crippen LogP contribution in [0.25, 0.3) is 0 Å². The predicted molar refractivity (Wildman–Crippen MR) is 140 cm³/mol. The molecule has 5 fully saturated rings. The van der Waals surface area contributed by atoms with Crippen molar-refractivity contribution >= 4 is 18.0 Å². The van der Waals surface area contributed by atoms with Crippen LogP contribution in [0.3, 0.4) is 0 Å². The van der Waals surface area contributed by atoms with Crippen LogP contribution in [-0.2, 0) is 24.5 Å². The second-order valence-corrected chi connectivity index (χ2v) is 13.4. The standard InChI is InChI=1S/C30H42N2O5/c1-27(2,3)37-26(35)32-23-12-10-22(11-13-23)31-24(33)29-15-20-14-28(17-29,21-8-6-5-7-9-21)18-30(16-20,19-29)25(34)36-4/h5-9,20,22-23H,10-19H2,1-4H3,(H,31,33)(H,32,35)/t20?,22-,23-,28?,29?,30?. The van der Waals surface area contributed by atoms with Gasteiger partial charge in [0, 0.05) is 12.1 Å². The maximum Gasteiger partial charge on any atom is 0.407 e. The lowest BCUT2D eigenvalue weighted by Gasteiger charge is -2.65. The first-order valence-electron chi connectivity index (χ1n) is 13.9. The minimum atomic E-state index is -0.587. The normalized spacial score (nSPS) is 36.5. The molecule has 1 aromatic rings. The Hall–Kier alpha value is -2.57. The first kappa shape index (κ1) is 26.1. The monoisotopic (exact) mass is 510 g/mol. The number of rotatable bonds is 5. The van der Waals surface area contributed by atoms with Gasteiger partial charge in [-0.1, -0.05) is 30.3 Å². The first-order chi connectivity index (χ1) is 17.5. The Kier molecular flexibility index (Phi) is 6.56. The van der Waals surface area contributed by atoms with E-state index in [1.54, 1.807) is 0 Å². The molecule has 6 rings (SSSR count). The number of ether oxygens (including phenoxy) is 2. The van der Waals surface area contributed by atoms with Crippen molar-refractivity contribution in [2.24, 2.45) is 16.7 Å². The fourth-order valence-electron chi connectivity index (χ4n) is 8.44. The summed E-state index contributed by atoms with van der Waals surface area (Å²) in [6, 6.07) is 10.6. The number of esters is 1. The van der Waals surface area contributed by atoms with Crippen LogP contribution < -0.4 is 10.6 Å². The molecular formula is C30H42N2O5. The van der Waals surface area contributed by atoms with Crippen LogP contribution in [0.2, 0.25) is 0 Å². The van der Waals surface area contributed by atoms with E-state index in [0.29, 0.717) is 12.3 Å². The molecule has 5 saturated carbocycles. The average Bonchev–Trinajstić information content (AvgIpc) is 2.83. The molecule has 1 aromatic carbocycles. The lowest BCUT2D eigenvalue weighted by Crippen LogP contribution is -2.65. The molecule has 4 bridgehead atoms. The van der Waals surface area contributed by atoms with Gasteiger partial charge < -0.3 is 20.1 Å². The van der Waals surface area contributed by atoms with Crippen LogP contribution in [0.4, 0.5) is 4.79 Å². The predicted octanol–water partition coefficient (Wildman–Crippen LogP) is 5.02. The molecule has 7 nitrogen and oxygen atoms in total. The third kappa shape index (κ3) is 4.98. The number of nitrogens with one attached hydrogen (secondary N) is 2. The Morgan fingerprint density at radius 2 is 1.43 bits per heavy atom. The molecule has 4 unspecified atom stereocenters. The number of hydrogen-bond donors (Lipinski definition) is 2. The summed E-state index contributed by atoms with van der Waals surface area (Å²) < 4.78 is 10.7. The summed E-state index contributed by atoms with van der Waals surface area (Å²) in [4.78, 5) is 39.4. The van der Waals surface area contributed by atoms with Gasteiger partial charge in [-0.25, -0.2) is 4.79 Å². The fourth-order valence-corrected chi connectivity index (χ4v) is 8.44. The molecule has 7 heteroatoms. The Morgan fingerprint density at radius 1 is 0.838 bits per heavy atom. The van der Waals surface area contributed by atoms with Gasteiger partial charge in [0.05, 0.1) is 17.9 Å². The van der Waals surface area contributed by atoms with Crippen LogP contribution in [0.5, 0.6) is 0 Å². The van der Waals surface area contributed by atoms with Gasteiger partial charge in [-0.2, -0.15) is 0 Å². The molecule has 2 N–H and O–H groups in total. The Labute approximate surface area is 220 Å². The van der Waals surface area contributed by atoms with Crippen molar-refractivity contribution in [2.75, 3.05) is 7.11 Å². The van der Waals surface area contributed by atoms with Crippen LogP contribution in [0, 0.1) is 16.7 Å². The molecule has 0 radical (unpaired) electrons. The molecule has 0 heterocycles. The van der Waals surface area contributed by atoms with Crippen LogP contribution >= 0.6 is 0 Å². The molecule has 0 saturated heterocycles. The van der Waals surface area contributed by atoms with E-state index in [1.807, 2.05) is 26.8 Å². The van der Waals surface area contributed by atoms with Gasteiger partial charge >= 0.3 is 12.1 Å². The van der Waals surface area contributed by atoms with Gasteiger partial charge in [0.1, 0.15) is 5.60 Å². The molecule has 5 aliphatic rings. The largest absolute Gasteiger partial charge is 0.469 e. The zero-order chi connectivity index (χ0) is 26.5. The summed E-state index contributed by atoms with van der Waals surface area (Å²) >= 11 is 0. The second kappa shape index (κ2) is 9.32. The van der Waals surface area contributed by atoms with Crippen molar-refractivity contribution < 1.29 is 23.9 Å². The molecule has 0 aliphatic heterocycles. The number of carbonyl (C=O) groups excluding carboxylic acids is 3. The molecule has 0 spiro atoms. The summed E-state index contributed by atoms with van der Waals surface area (Å²) in [6.07, 6.45) is 7.71. The fraction of sp³-hybridized carbons (Fsp3) is 0.700. The second-order valence-electron chi connectivity index (χ2n) is 13.4. The van der Waals surface area contributed by atoms with Gasteiger partial charge in [0.2, 0.25) is 5.91 Å². The van der Waals surface area contributed by atoms with E-state index in [0.717, 1.165) is 57.8 Å². The minimum Gasteiger partial charge on any atom is -0.469 e. The number of hydrogen-bond acceptors (Lipinski definition) is 5. The van der Waals surface area contributed by atoms with Crippen molar-refractivity contribution in [3.8, 4) is 0 Å². The lowest BCUT2D eigenvalue weighted by atomic mass is 9.38. The molecule has 4 atom stereocenters. The number of amides is 2. The Morgan fingerprint density at radius 3 is 2.05 bits per heavy atom. The summed E-state index contributed by atoms with van der Waals surface area (Å²) in [6.45, 7) is 5.57. The van der Waals surface area contributed by atoms with E-state index >= 15 is 0 Å². The zero-order valence-corrected chi connectivity index (χ0v) is 22.7. The van der Waals surface area contributed by atoms with Crippen molar-refractivity contribution in [3.05, 3.63) is 35.9 Å². The van der Waals surface area contributed by atoms with Crippen molar-refractivity contribution in [1.29, 1.82) is 0 Å². The molecule has 5 aliphatic carbocycles. The summed E-state index contributed by atoms with van der Waals surface area (Å²) in [5.41, 5.74) is -0.573. The quantitative estimate of drug-likeness (QED) is 0.543. The maximum atomic E-state index is 14.1. The topological polar surface area (TPSA) is 93.7 Å². The van der Waals surface area contributed by atoms with E-state index in [4.69, 9.17) is 9.47 Å². The highest BCUT2D eigenvalue weighted by Crippen LogP contribution is 2.70. The highest BCUT2D eigenvalue weighted by atomic mass is 16.6. The van der Waals surface area contributed by atoms with E-state index < -0.39 is 16.4 Å². The van der Waals surface area contributed by atoms with Gasteiger partial charge in [0.15, 0.2) is 0 Å². The number of carbonyl (C=O) groups is 3. The maximum absolute atomic E-state index is 14.1. The first-order valence-corrected chi connectivity index (χ1v) is 13.9. The third-order valence-electron chi connectivity index (χ3n) is 9.34. The SMILES string of the molecule is COC(=O)C12CC3CC(C(=O)N[C@H]4CC[C@H](NC(=O)OC(C)(C)C)CC4)(C1)CC(c1ccccc1)(C3)C2. The van der Waals surface area contributed by atoms with Gasteiger partial charge in [0.25, 0.3) is 0 Å². The van der Waals surface area contributed by atoms with Gasteiger partial charge in [-0.05, 0) is 102 Å². The Balaban J connectivity index is 1.29. The summed E-state index contributed by atoms with van der Waals surface area (Å²) in [5, 5.41) is 6.38. The van der Waals surface area contributed by atoms with Crippen molar-refractivity contribution in [3.63, 3.8) is 0 Å². The van der Waals surface area contributed by atoms with E-state index in [2.05, 4.69) is 34.9 Å². The van der Waals surface area contributed by atoms with Crippen LogP contribution in [-0.4, -0.2) is 42.8 Å². The van der Waals surface area contributed by atoms with Crippen molar-refractivity contribution in [1.82, 2.24) is 10.6 Å². The third-order valence-corrected chi connectivity index (χ3v) is 9.34. The van der Waals surface area contributed by atoms with Crippen molar-refractivity contribution in [2.45, 2.75) is 108 Å². The van der Waals surface area contributed by atoms with Crippen LogP contribution in [0.1, 0.15) is 90.5 Å². The number of methoxy groups -OCH3 is 1.